The van der Waals surface area contributed by atoms with Crippen LogP contribution >= 0.6 is 11.3 Å². The van der Waals surface area contributed by atoms with E-state index in [2.05, 4.69) is 11.4 Å². The summed E-state index contributed by atoms with van der Waals surface area (Å²) >= 11 is 1.69. The number of primary amides is 1. The molecule has 3 nitrogen and oxygen atoms in total. The van der Waals surface area contributed by atoms with Gasteiger partial charge in [-0.2, -0.15) is 0 Å². The summed E-state index contributed by atoms with van der Waals surface area (Å²) in [5, 5.41) is 5.33. The Kier molecular flexibility index (Phi) is 2.80. The van der Waals surface area contributed by atoms with E-state index in [9.17, 15) is 4.79 Å². The lowest BCUT2D eigenvalue weighted by Gasteiger charge is -2.27. The predicted octanol–water partition coefficient (Wildman–Crippen LogP) is 1.49. The highest BCUT2D eigenvalue weighted by Gasteiger charge is 2.45. The van der Waals surface area contributed by atoms with Crippen molar-refractivity contribution in [1.82, 2.24) is 5.32 Å². The maximum Gasteiger partial charge on any atom is 0.237 e. The molecule has 1 fully saturated rings. The molecule has 1 saturated carbocycles. The topological polar surface area (TPSA) is 55.1 Å². The van der Waals surface area contributed by atoms with E-state index in [0.717, 1.165) is 19.4 Å². The number of nitrogens with one attached hydrogen (secondary N) is 1. The smallest absolute Gasteiger partial charge is 0.237 e. The van der Waals surface area contributed by atoms with Gasteiger partial charge in [-0.25, -0.2) is 0 Å². The quantitative estimate of drug-likeness (QED) is 0.796. The van der Waals surface area contributed by atoms with Gasteiger partial charge in [0.05, 0.1) is 5.54 Å². The monoisotopic (exact) mass is 224 g/mol. The van der Waals surface area contributed by atoms with Crippen molar-refractivity contribution < 1.29 is 4.79 Å². The van der Waals surface area contributed by atoms with Gasteiger partial charge in [-0.15, -0.1) is 11.3 Å². The molecule has 0 bridgehead atoms. The van der Waals surface area contributed by atoms with E-state index in [1.165, 1.54) is 4.88 Å². The highest BCUT2D eigenvalue weighted by molar-refractivity contribution is 7.09. The van der Waals surface area contributed by atoms with Crippen molar-refractivity contribution in [2.45, 2.75) is 31.8 Å². The minimum atomic E-state index is -0.524. The Bertz CT molecular complexity index is 345. The van der Waals surface area contributed by atoms with Crippen LogP contribution in [0.4, 0.5) is 0 Å². The third-order valence-electron chi connectivity index (χ3n) is 3.12. The number of carbonyl (C=O) groups excluding carboxylic acids is 1. The Morgan fingerprint density at radius 1 is 1.73 bits per heavy atom. The molecule has 1 heterocycles. The fourth-order valence-electron chi connectivity index (χ4n) is 1.78. The number of thiophene rings is 1. The van der Waals surface area contributed by atoms with Gasteiger partial charge in [0.1, 0.15) is 0 Å². The summed E-state index contributed by atoms with van der Waals surface area (Å²) in [6, 6.07) is 4.08. The molecule has 0 aliphatic heterocycles. The average Bonchev–Trinajstić information content (AvgIpc) is 2.93. The van der Waals surface area contributed by atoms with Crippen LogP contribution in [0.15, 0.2) is 17.5 Å². The van der Waals surface area contributed by atoms with Crippen LogP contribution < -0.4 is 11.1 Å². The molecule has 0 radical (unpaired) electrons. The maximum atomic E-state index is 11.4. The van der Waals surface area contributed by atoms with E-state index in [-0.39, 0.29) is 5.91 Å². The first kappa shape index (κ1) is 10.6. The lowest BCUT2D eigenvalue weighted by Crippen LogP contribution is -2.54. The molecule has 82 valence electrons. The summed E-state index contributed by atoms with van der Waals surface area (Å²) in [5.74, 6) is 0.191. The molecule has 1 amide bonds. The number of carbonyl (C=O) groups is 1. The van der Waals surface area contributed by atoms with Crippen molar-refractivity contribution in [1.29, 1.82) is 0 Å². The van der Waals surface area contributed by atoms with Gasteiger partial charge in [0.15, 0.2) is 0 Å². The minimum Gasteiger partial charge on any atom is -0.368 e. The lowest BCUT2D eigenvalue weighted by molar-refractivity contribution is -0.124. The van der Waals surface area contributed by atoms with Crippen LogP contribution in [0.1, 0.15) is 24.6 Å². The molecule has 3 N–H and O–H groups in total. The van der Waals surface area contributed by atoms with E-state index in [0.29, 0.717) is 5.92 Å². The van der Waals surface area contributed by atoms with Crippen LogP contribution in [0.2, 0.25) is 0 Å². The van der Waals surface area contributed by atoms with Gasteiger partial charge in [-0.05, 0) is 37.1 Å². The van der Waals surface area contributed by atoms with Gasteiger partial charge in [0, 0.05) is 11.4 Å². The molecule has 1 atom stereocenters. The molecule has 0 aromatic carbocycles. The molecule has 0 spiro atoms. The first-order valence-electron chi connectivity index (χ1n) is 5.20. The third-order valence-corrected chi connectivity index (χ3v) is 3.99. The Hall–Kier alpha value is -0.870. The van der Waals surface area contributed by atoms with Crippen molar-refractivity contribution in [2.75, 3.05) is 0 Å². The maximum absolute atomic E-state index is 11.4. The molecule has 1 aromatic rings. The molecule has 15 heavy (non-hydrogen) atoms. The van der Waals surface area contributed by atoms with Crippen molar-refractivity contribution in [3.05, 3.63) is 22.4 Å². The molecule has 4 heteroatoms. The number of nitrogens with two attached hydrogens (primary N) is 1. The fraction of sp³-hybridized carbons (Fsp3) is 0.545. The molecule has 1 aliphatic rings. The lowest BCUT2D eigenvalue weighted by atomic mass is 9.95. The second-order valence-electron chi connectivity index (χ2n) is 4.27. The Morgan fingerprint density at radius 2 is 2.47 bits per heavy atom. The van der Waals surface area contributed by atoms with Gasteiger partial charge in [0.25, 0.3) is 0 Å². The normalized spacial score (nSPS) is 19.8. The van der Waals surface area contributed by atoms with Crippen LogP contribution in [0.5, 0.6) is 0 Å². The van der Waals surface area contributed by atoms with Crippen LogP contribution in [-0.2, 0) is 11.3 Å². The van der Waals surface area contributed by atoms with Crippen LogP contribution in [-0.4, -0.2) is 11.4 Å². The largest absolute Gasteiger partial charge is 0.368 e. The predicted molar refractivity (Wildman–Crippen MR) is 61.5 cm³/mol. The zero-order chi connectivity index (χ0) is 10.9. The highest BCUT2D eigenvalue weighted by atomic mass is 32.1. The van der Waals surface area contributed by atoms with Crippen LogP contribution in [0.3, 0.4) is 0 Å². The Balaban J connectivity index is 1.98. The number of hydrogen-bond acceptors (Lipinski definition) is 3. The molecule has 2 rings (SSSR count). The molecular formula is C11H16N2OS. The number of amides is 1. The first-order chi connectivity index (χ1) is 7.13. The number of rotatable bonds is 5. The highest BCUT2D eigenvalue weighted by Crippen LogP contribution is 2.39. The summed E-state index contributed by atoms with van der Waals surface area (Å²) in [7, 11) is 0. The zero-order valence-electron chi connectivity index (χ0n) is 8.82. The summed E-state index contributed by atoms with van der Waals surface area (Å²) in [6.07, 6.45) is 2.22. The van der Waals surface area contributed by atoms with Crippen molar-refractivity contribution in [2.24, 2.45) is 11.7 Å². The van der Waals surface area contributed by atoms with E-state index < -0.39 is 5.54 Å². The van der Waals surface area contributed by atoms with Gasteiger partial charge < -0.3 is 5.73 Å². The van der Waals surface area contributed by atoms with Crippen LogP contribution in [0.25, 0.3) is 0 Å². The van der Waals surface area contributed by atoms with Crippen LogP contribution in [0, 0.1) is 5.92 Å². The SMILES string of the molecule is CC(NCc1cccs1)(C(N)=O)C1CC1. The molecular weight excluding hydrogens is 208 g/mol. The molecule has 0 saturated heterocycles. The van der Waals surface area contributed by atoms with E-state index in [1.54, 1.807) is 11.3 Å². The van der Waals surface area contributed by atoms with E-state index in [4.69, 9.17) is 5.73 Å². The van der Waals surface area contributed by atoms with Gasteiger partial charge in [-0.1, -0.05) is 6.07 Å². The third kappa shape index (κ3) is 2.21. The van der Waals surface area contributed by atoms with Gasteiger partial charge in [0.2, 0.25) is 5.91 Å². The van der Waals surface area contributed by atoms with Gasteiger partial charge >= 0.3 is 0 Å². The molecule has 1 aliphatic carbocycles. The fourth-order valence-corrected chi connectivity index (χ4v) is 2.42. The Morgan fingerprint density at radius 3 is 2.93 bits per heavy atom. The number of hydrogen-bond donors (Lipinski definition) is 2. The average molecular weight is 224 g/mol. The second-order valence-corrected chi connectivity index (χ2v) is 5.31. The summed E-state index contributed by atoms with van der Waals surface area (Å²) in [6.45, 7) is 2.65. The van der Waals surface area contributed by atoms with E-state index >= 15 is 0 Å². The first-order valence-corrected chi connectivity index (χ1v) is 6.08. The standard InChI is InChI=1S/C11H16N2OS/c1-11(10(12)14,8-4-5-8)13-7-9-3-2-6-15-9/h2-3,6,8,13H,4-5,7H2,1H3,(H2,12,14). The second kappa shape index (κ2) is 3.94. The minimum absolute atomic E-state index is 0.235. The van der Waals surface area contributed by atoms with Crippen molar-refractivity contribution in [3.8, 4) is 0 Å². The summed E-state index contributed by atoms with van der Waals surface area (Å²) in [4.78, 5) is 12.7. The van der Waals surface area contributed by atoms with Gasteiger partial charge in [-0.3, -0.25) is 10.1 Å². The summed E-state index contributed by atoms with van der Waals surface area (Å²) in [5.41, 5.74) is 4.93. The Labute approximate surface area is 93.7 Å². The van der Waals surface area contributed by atoms with Crippen molar-refractivity contribution >= 4 is 17.2 Å². The van der Waals surface area contributed by atoms with E-state index in [1.807, 2.05) is 18.4 Å². The zero-order valence-corrected chi connectivity index (χ0v) is 9.64. The summed E-state index contributed by atoms with van der Waals surface area (Å²) < 4.78 is 0. The van der Waals surface area contributed by atoms with Crippen molar-refractivity contribution in [3.63, 3.8) is 0 Å². The molecule has 1 aromatic heterocycles. The molecule has 1 unspecified atom stereocenters.